The molecular weight excluding hydrogens is 432 g/mol. The maximum atomic E-state index is 13.0. The van der Waals surface area contributed by atoms with Gasteiger partial charge in [-0.1, -0.05) is 48.5 Å². The van der Waals surface area contributed by atoms with Gasteiger partial charge in [-0.05, 0) is 61.3 Å². The van der Waals surface area contributed by atoms with Crippen molar-refractivity contribution < 1.29 is 28.5 Å². The van der Waals surface area contributed by atoms with Gasteiger partial charge in [-0.15, -0.1) is 0 Å². The van der Waals surface area contributed by atoms with E-state index in [1.54, 1.807) is 36.4 Å². The third kappa shape index (κ3) is 6.50. The molecule has 2 aromatic carbocycles. The number of carbonyl (C=O) groups is 2. The molecule has 0 amide bonds. The molecule has 1 saturated heterocycles. The normalized spacial score (nSPS) is 20.1. The van der Waals surface area contributed by atoms with Crippen LogP contribution in [0.15, 0.2) is 85.0 Å². The number of esters is 1. The van der Waals surface area contributed by atoms with Gasteiger partial charge in [0.25, 0.3) is 0 Å². The molecule has 1 unspecified atom stereocenters. The van der Waals surface area contributed by atoms with E-state index in [4.69, 9.17) is 18.9 Å². The van der Waals surface area contributed by atoms with E-state index in [1.807, 2.05) is 36.4 Å². The van der Waals surface area contributed by atoms with Crippen molar-refractivity contribution in [2.75, 3.05) is 19.8 Å². The number of rotatable bonds is 10. The molecule has 4 rings (SSSR count). The van der Waals surface area contributed by atoms with Gasteiger partial charge in [-0.25, -0.2) is 4.79 Å². The molecule has 1 fully saturated rings. The Kier molecular flexibility index (Phi) is 8.41. The van der Waals surface area contributed by atoms with Crippen LogP contribution in [0.4, 0.5) is 0 Å². The number of hydrogen-bond acceptors (Lipinski definition) is 6. The number of ketones is 1. The Morgan fingerprint density at radius 1 is 0.971 bits per heavy atom. The second kappa shape index (κ2) is 11.9. The van der Waals surface area contributed by atoms with Gasteiger partial charge in [-0.3, -0.25) is 4.79 Å². The number of allylic oxidation sites excluding steroid dienone is 2. The van der Waals surface area contributed by atoms with Crippen molar-refractivity contribution in [3.8, 4) is 0 Å². The average molecular weight is 463 g/mol. The summed E-state index contributed by atoms with van der Waals surface area (Å²) in [5.41, 5.74) is 0.283. The molecule has 0 bridgehead atoms. The topological polar surface area (TPSA) is 71.1 Å². The first-order chi connectivity index (χ1) is 16.6. The lowest BCUT2D eigenvalue weighted by atomic mass is 9.84. The first-order valence-electron chi connectivity index (χ1n) is 11.7. The van der Waals surface area contributed by atoms with Crippen LogP contribution in [-0.2, 0) is 30.3 Å². The average Bonchev–Trinajstić information content (AvgIpc) is 2.89. The molecule has 2 atom stereocenters. The second-order valence-corrected chi connectivity index (χ2v) is 8.51. The highest BCUT2D eigenvalue weighted by Gasteiger charge is 2.41. The maximum Gasteiger partial charge on any atom is 0.339 e. The SMILES string of the molecule is O=C1C=CC(OC(=O)c2ccccc2)([C@@H](COCc2ccccc2)COC2CCCCO2)C=C1. The van der Waals surface area contributed by atoms with Gasteiger partial charge in [0.2, 0.25) is 0 Å². The third-order valence-electron chi connectivity index (χ3n) is 5.99. The van der Waals surface area contributed by atoms with Crippen LogP contribution in [0.5, 0.6) is 0 Å². The molecule has 2 aromatic rings. The highest BCUT2D eigenvalue weighted by Crippen LogP contribution is 2.32. The van der Waals surface area contributed by atoms with Crippen LogP contribution in [0.3, 0.4) is 0 Å². The molecule has 2 aliphatic rings. The minimum Gasteiger partial charge on any atom is -0.446 e. The van der Waals surface area contributed by atoms with Gasteiger partial charge < -0.3 is 18.9 Å². The Hall–Kier alpha value is -3.06. The lowest BCUT2D eigenvalue weighted by molar-refractivity contribution is -0.180. The zero-order chi connectivity index (χ0) is 23.6. The fraction of sp³-hybridized carbons (Fsp3) is 0.357. The van der Waals surface area contributed by atoms with Crippen LogP contribution in [0.25, 0.3) is 0 Å². The molecule has 6 heteroatoms. The summed E-state index contributed by atoms with van der Waals surface area (Å²) in [5, 5.41) is 0. The van der Waals surface area contributed by atoms with Gasteiger partial charge >= 0.3 is 5.97 Å². The van der Waals surface area contributed by atoms with Crippen molar-refractivity contribution in [2.45, 2.75) is 37.8 Å². The Labute approximate surface area is 200 Å². The lowest BCUT2D eigenvalue weighted by Crippen LogP contribution is -2.46. The van der Waals surface area contributed by atoms with Crippen molar-refractivity contribution in [3.05, 3.63) is 96.1 Å². The number of carbonyl (C=O) groups excluding carboxylic acids is 2. The highest BCUT2D eigenvalue weighted by molar-refractivity contribution is 6.01. The first kappa shape index (κ1) is 24.1. The summed E-state index contributed by atoms with van der Waals surface area (Å²) >= 11 is 0. The zero-order valence-electron chi connectivity index (χ0n) is 19.1. The Morgan fingerprint density at radius 2 is 1.68 bits per heavy atom. The summed E-state index contributed by atoms with van der Waals surface area (Å²) in [4.78, 5) is 25.0. The van der Waals surface area contributed by atoms with Crippen LogP contribution in [-0.4, -0.2) is 43.5 Å². The van der Waals surface area contributed by atoms with Crippen LogP contribution < -0.4 is 0 Å². The van der Waals surface area contributed by atoms with Crippen molar-refractivity contribution >= 4 is 11.8 Å². The predicted molar refractivity (Wildman–Crippen MR) is 127 cm³/mol. The van der Waals surface area contributed by atoms with Crippen molar-refractivity contribution in [2.24, 2.45) is 5.92 Å². The minimum atomic E-state index is -1.19. The Morgan fingerprint density at radius 3 is 2.35 bits per heavy atom. The van der Waals surface area contributed by atoms with E-state index < -0.39 is 17.5 Å². The fourth-order valence-corrected chi connectivity index (χ4v) is 4.02. The van der Waals surface area contributed by atoms with Gasteiger partial charge in [0, 0.05) is 6.61 Å². The molecule has 1 aliphatic heterocycles. The number of hydrogen-bond donors (Lipinski definition) is 0. The van der Waals surface area contributed by atoms with Crippen molar-refractivity contribution in [3.63, 3.8) is 0 Å². The molecule has 0 N–H and O–H groups in total. The first-order valence-corrected chi connectivity index (χ1v) is 11.7. The molecule has 0 spiro atoms. The second-order valence-electron chi connectivity index (χ2n) is 8.51. The molecule has 34 heavy (non-hydrogen) atoms. The summed E-state index contributed by atoms with van der Waals surface area (Å²) in [6.45, 7) is 1.57. The van der Waals surface area contributed by atoms with Crippen LogP contribution in [0.2, 0.25) is 0 Å². The summed E-state index contributed by atoms with van der Waals surface area (Å²) in [6, 6.07) is 18.7. The third-order valence-corrected chi connectivity index (χ3v) is 5.99. The van der Waals surface area contributed by atoms with Crippen molar-refractivity contribution in [1.29, 1.82) is 0 Å². The van der Waals surface area contributed by atoms with E-state index in [-0.39, 0.29) is 25.3 Å². The zero-order valence-corrected chi connectivity index (χ0v) is 19.1. The monoisotopic (exact) mass is 462 g/mol. The minimum absolute atomic E-state index is 0.160. The molecule has 178 valence electrons. The van der Waals surface area contributed by atoms with Gasteiger partial charge in [0.1, 0.15) is 0 Å². The molecule has 0 aromatic heterocycles. The van der Waals surface area contributed by atoms with Gasteiger partial charge in [0.05, 0.1) is 31.3 Å². The summed E-state index contributed by atoms with van der Waals surface area (Å²) in [5.74, 6) is -1.03. The van der Waals surface area contributed by atoms with Crippen molar-refractivity contribution in [1.82, 2.24) is 0 Å². The summed E-state index contributed by atoms with van der Waals surface area (Å²) < 4.78 is 23.9. The van der Waals surface area contributed by atoms with Gasteiger partial charge in [-0.2, -0.15) is 0 Å². The van der Waals surface area contributed by atoms with Crippen LogP contribution in [0.1, 0.15) is 35.2 Å². The summed E-state index contributed by atoms with van der Waals surface area (Å²) in [6.07, 6.45) is 8.72. The molecule has 6 nitrogen and oxygen atoms in total. The van der Waals surface area contributed by atoms with E-state index in [0.717, 1.165) is 24.8 Å². The van der Waals surface area contributed by atoms with E-state index in [2.05, 4.69) is 0 Å². The number of ether oxygens (including phenoxy) is 4. The molecular formula is C28H30O6. The van der Waals surface area contributed by atoms with Crippen LogP contribution >= 0.6 is 0 Å². The van der Waals surface area contributed by atoms with E-state index in [1.165, 1.54) is 12.2 Å². The standard InChI is InChI=1S/C28H30O6/c29-25-14-16-28(17-15-25,34-27(30)23-11-5-2-6-12-23)24(21-33-26-13-7-8-18-32-26)20-31-19-22-9-3-1-4-10-22/h1-6,9-12,14-17,24,26H,7-8,13,18-21H2/t24-,26?/m0/s1. The molecule has 1 heterocycles. The number of benzene rings is 2. The van der Waals surface area contributed by atoms with Gasteiger partial charge in [0.15, 0.2) is 17.7 Å². The smallest absolute Gasteiger partial charge is 0.339 e. The lowest BCUT2D eigenvalue weighted by Gasteiger charge is -2.37. The molecule has 0 radical (unpaired) electrons. The van der Waals surface area contributed by atoms with E-state index in [0.29, 0.717) is 18.8 Å². The molecule has 0 saturated carbocycles. The summed E-state index contributed by atoms with van der Waals surface area (Å²) in [7, 11) is 0. The Bertz CT molecular complexity index is 976. The fourth-order valence-electron chi connectivity index (χ4n) is 4.02. The van der Waals surface area contributed by atoms with E-state index in [9.17, 15) is 9.59 Å². The predicted octanol–water partition coefficient (Wildman–Crippen LogP) is 4.65. The Balaban J connectivity index is 1.53. The van der Waals surface area contributed by atoms with Crippen LogP contribution in [0, 0.1) is 5.92 Å². The largest absolute Gasteiger partial charge is 0.446 e. The maximum absolute atomic E-state index is 13.0. The van der Waals surface area contributed by atoms with E-state index >= 15 is 0 Å². The molecule has 1 aliphatic carbocycles. The quantitative estimate of drug-likeness (QED) is 0.479. The highest BCUT2D eigenvalue weighted by atomic mass is 16.7.